The van der Waals surface area contributed by atoms with Gasteiger partial charge < -0.3 is 10.2 Å². The second-order valence-electron chi connectivity index (χ2n) is 5.66. The van der Waals surface area contributed by atoms with Gasteiger partial charge in [0.05, 0.1) is 26.0 Å². The maximum Gasteiger partial charge on any atom is 0.138 e. The Morgan fingerprint density at radius 3 is 2.73 bits per heavy atom. The fourth-order valence-corrected chi connectivity index (χ4v) is 3.40. The molecular formula is C17H21N4S+. The van der Waals surface area contributed by atoms with Gasteiger partial charge in [-0.2, -0.15) is 0 Å². The van der Waals surface area contributed by atoms with E-state index in [-0.39, 0.29) is 0 Å². The van der Waals surface area contributed by atoms with E-state index in [0.29, 0.717) is 0 Å². The smallest absolute Gasteiger partial charge is 0.138 e. The van der Waals surface area contributed by atoms with Crippen molar-refractivity contribution in [2.45, 2.75) is 6.42 Å². The molecule has 0 atom stereocenters. The highest BCUT2D eigenvalue weighted by molar-refractivity contribution is 7.17. The SMILES string of the molecule is C[NH+](C)CCCNc1ncnc2scc(-c3ccccc3)c12. The van der Waals surface area contributed by atoms with Gasteiger partial charge >= 0.3 is 0 Å². The summed E-state index contributed by atoms with van der Waals surface area (Å²) in [6, 6.07) is 10.4. The second-order valence-corrected chi connectivity index (χ2v) is 6.51. The number of nitrogens with one attached hydrogen (secondary N) is 2. The summed E-state index contributed by atoms with van der Waals surface area (Å²) in [5.74, 6) is 0.943. The number of fused-ring (bicyclic) bond motifs is 1. The number of hydrogen-bond donors (Lipinski definition) is 2. The number of thiophene rings is 1. The van der Waals surface area contributed by atoms with Crippen molar-refractivity contribution in [2.24, 2.45) is 0 Å². The molecule has 2 N–H and O–H groups in total. The van der Waals surface area contributed by atoms with Crippen molar-refractivity contribution in [1.29, 1.82) is 0 Å². The van der Waals surface area contributed by atoms with E-state index in [9.17, 15) is 0 Å². The van der Waals surface area contributed by atoms with Crippen LogP contribution in [0, 0.1) is 0 Å². The molecule has 0 aliphatic carbocycles. The number of quaternary nitrogens is 1. The second kappa shape index (κ2) is 6.85. The summed E-state index contributed by atoms with van der Waals surface area (Å²) in [5, 5.41) is 6.79. The zero-order valence-corrected chi connectivity index (χ0v) is 13.8. The van der Waals surface area contributed by atoms with Gasteiger partial charge in [0.1, 0.15) is 17.0 Å². The average Bonchev–Trinajstić information content (AvgIpc) is 2.97. The maximum atomic E-state index is 4.46. The van der Waals surface area contributed by atoms with Crippen molar-refractivity contribution in [3.63, 3.8) is 0 Å². The highest BCUT2D eigenvalue weighted by atomic mass is 32.1. The molecule has 5 heteroatoms. The summed E-state index contributed by atoms with van der Waals surface area (Å²) >= 11 is 1.67. The quantitative estimate of drug-likeness (QED) is 0.686. The lowest BCUT2D eigenvalue weighted by Gasteiger charge is -2.10. The van der Waals surface area contributed by atoms with Crippen molar-refractivity contribution in [1.82, 2.24) is 9.97 Å². The minimum absolute atomic E-state index is 0.932. The Kier molecular flexibility index (Phi) is 4.65. The topological polar surface area (TPSA) is 42.2 Å². The number of benzene rings is 1. The third kappa shape index (κ3) is 3.26. The minimum atomic E-state index is 0.932. The van der Waals surface area contributed by atoms with Gasteiger partial charge in [0.15, 0.2) is 0 Å². The first-order chi connectivity index (χ1) is 10.8. The van der Waals surface area contributed by atoms with E-state index in [0.717, 1.165) is 35.5 Å². The predicted molar refractivity (Wildman–Crippen MR) is 93.6 cm³/mol. The zero-order chi connectivity index (χ0) is 15.4. The number of nitrogens with zero attached hydrogens (tertiary/aromatic N) is 2. The van der Waals surface area contributed by atoms with E-state index in [2.05, 4.69) is 59.0 Å². The van der Waals surface area contributed by atoms with Gasteiger partial charge in [-0.1, -0.05) is 30.3 Å². The van der Waals surface area contributed by atoms with Crippen LogP contribution >= 0.6 is 11.3 Å². The van der Waals surface area contributed by atoms with E-state index in [4.69, 9.17) is 0 Å². The fraction of sp³-hybridized carbons (Fsp3) is 0.294. The zero-order valence-electron chi connectivity index (χ0n) is 13.0. The van der Waals surface area contributed by atoms with E-state index in [1.807, 2.05) is 6.07 Å². The highest BCUT2D eigenvalue weighted by Crippen LogP contribution is 2.36. The summed E-state index contributed by atoms with van der Waals surface area (Å²) in [5.41, 5.74) is 2.42. The van der Waals surface area contributed by atoms with Gasteiger partial charge in [-0.15, -0.1) is 11.3 Å². The minimum Gasteiger partial charge on any atom is -0.369 e. The van der Waals surface area contributed by atoms with Crippen LogP contribution in [-0.2, 0) is 0 Å². The van der Waals surface area contributed by atoms with E-state index in [1.165, 1.54) is 16.0 Å². The molecule has 0 spiro atoms. The molecule has 3 rings (SSSR count). The number of aromatic nitrogens is 2. The Hall–Kier alpha value is -1.98. The van der Waals surface area contributed by atoms with Crippen LogP contribution in [0.1, 0.15) is 6.42 Å². The molecule has 114 valence electrons. The van der Waals surface area contributed by atoms with Gasteiger partial charge in [0, 0.05) is 23.9 Å². The third-order valence-corrected chi connectivity index (χ3v) is 4.49. The van der Waals surface area contributed by atoms with Gasteiger partial charge in [0.25, 0.3) is 0 Å². The van der Waals surface area contributed by atoms with Gasteiger partial charge in [-0.25, -0.2) is 9.97 Å². The molecule has 0 amide bonds. The summed E-state index contributed by atoms with van der Waals surface area (Å²) in [6.07, 6.45) is 2.77. The lowest BCUT2D eigenvalue weighted by Crippen LogP contribution is -3.05. The predicted octanol–water partition coefficient (Wildman–Crippen LogP) is 2.30. The van der Waals surface area contributed by atoms with Crippen molar-refractivity contribution < 1.29 is 4.90 Å². The molecule has 22 heavy (non-hydrogen) atoms. The molecule has 1 aromatic carbocycles. The maximum absolute atomic E-state index is 4.46. The van der Waals surface area contributed by atoms with Gasteiger partial charge in [-0.3, -0.25) is 0 Å². The lowest BCUT2D eigenvalue weighted by atomic mass is 10.1. The molecule has 2 aromatic heterocycles. The standard InChI is InChI=1S/C17H20N4S/c1-21(2)10-6-9-18-16-15-14(13-7-4-3-5-8-13)11-22-17(15)20-12-19-16/h3-5,7-8,11-12H,6,9-10H2,1-2H3,(H,18,19,20)/p+1. The largest absolute Gasteiger partial charge is 0.369 e. The summed E-state index contributed by atoms with van der Waals surface area (Å²) < 4.78 is 0. The van der Waals surface area contributed by atoms with Crippen molar-refractivity contribution in [2.75, 3.05) is 32.5 Å². The molecular weight excluding hydrogens is 292 g/mol. The van der Waals surface area contributed by atoms with E-state index < -0.39 is 0 Å². The first-order valence-corrected chi connectivity index (χ1v) is 8.44. The molecule has 0 aliphatic rings. The Bertz CT molecular complexity index is 737. The number of hydrogen-bond acceptors (Lipinski definition) is 4. The van der Waals surface area contributed by atoms with Crippen LogP contribution in [0.5, 0.6) is 0 Å². The normalized spacial score (nSPS) is 11.2. The molecule has 0 saturated heterocycles. The lowest BCUT2D eigenvalue weighted by molar-refractivity contribution is -0.858. The van der Waals surface area contributed by atoms with E-state index >= 15 is 0 Å². The average molecular weight is 313 g/mol. The van der Waals surface area contributed by atoms with Crippen molar-refractivity contribution in [3.8, 4) is 11.1 Å². The third-order valence-electron chi connectivity index (χ3n) is 3.60. The Morgan fingerprint density at radius 2 is 1.95 bits per heavy atom. The highest BCUT2D eigenvalue weighted by Gasteiger charge is 2.12. The first kappa shape index (κ1) is 14.9. The summed E-state index contributed by atoms with van der Waals surface area (Å²) in [6.45, 7) is 2.08. The molecule has 0 bridgehead atoms. The van der Waals surface area contributed by atoms with Crippen LogP contribution in [-0.4, -0.2) is 37.2 Å². The summed E-state index contributed by atoms with van der Waals surface area (Å²) in [7, 11) is 4.35. The van der Waals surface area contributed by atoms with Crippen molar-refractivity contribution in [3.05, 3.63) is 42.0 Å². The van der Waals surface area contributed by atoms with Crippen LogP contribution in [0.3, 0.4) is 0 Å². The van der Waals surface area contributed by atoms with Gasteiger partial charge in [-0.05, 0) is 5.56 Å². The molecule has 3 aromatic rings. The monoisotopic (exact) mass is 313 g/mol. The molecule has 4 nitrogen and oxygen atoms in total. The van der Waals surface area contributed by atoms with Crippen LogP contribution < -0.4 is 10.2 Å². The fourth-order valence-electron chi connectivity index (χ4n) is 2.49. The Labute approximate surface area is 134 Å². The number of rotatable bonds is 6. The molecule has 0 saturated carbocycles. The molecule has 0 radical (unpaired) electrons. The van der Waals surface area contributed by atoms with Crippen LogP contribution in [0.4, 0.5) is 5.82 Å². The van der Waals surface area contributed by atoms with Crippen LogP contribution in [0.15, 0.2) is 42.0 Å². The van der Waals surface area contributed by atoms with Crippen LogP contribution in [0.25, 0.3) is 21.3 Å². The number of anilines is 1. The molecule has 0 fully saturated rings. The Balaban J connectivity index is 1.89. The molecule has 2 heterocycles. The van der Waals surface area contributed by atoms with Crippen LogP contribution in [0.2, 0.25) is 0 Å². The molecule has 0 unspecified atom stereocenters. The first-order valence-electron chi connectivity index (χ1n) is 7.56. The van der Waals surface area contributed by atoms with Crippen molar-refractivity contribution >= 4 is 27.4 Å². The summed E-state index contributed by atoms with van der Waals surface area (Å²) in [4.78, 5) is 11.4. The van der Waals surface area contributed by atoms with Gasteiger partial charge in [0.2, 0.25) is 0 Å². The molecule has 0 aliphatic heterocycles. The van der Waals surface area contributed by atoms with E-state index in [1.54, 1.807) is 17.7 Å². The Morgan fingerprint density at radius 1 is 1.14 bits per heavy atom.